The Kier molecular flexibility index (Phi) is 5.11. The molecular formula is C12H20N4O. The molecule has 0 aliphatic heterocycles. The van der Waals surface area contributed by atoms with Crippen LogP contribution in [-0.2, 0) is 17.7 Å². The van der Waals surface area contributed by atoms with E-state index in [4.69, 9.17) is 10.00 Å². The van der Waals surface area contributed by atoms with Crippen LogP contribution >= 0.6 is 0 Å². The quantitative estimate of drug-likeness (QED) is 0.754. The zero-order chi connectivity index (χ0) is 12.8. The first-order valence-corrected chi connectivity index (χ1v) is 5.88. The number of methoxy groups -OCH3 is 1. The smallest absolute Gasteiger partial charge is 0.100 e. The fourth-order valence-electron chi connectivity index (χ4n) is 1.96. The molecule has 5 nitrogen and oxygen atoms in total. The van der Waals surface area contributed by atoms with Crippen LogP contribution in [0.15, 0.2) is 0 Å². The highest BCUT2D eigenvalue weighted by atomic mass is 16.5. The summed E-state index contributed by atoms with van der Waals surface area (Å²) in [6, 6.07) is 2.13. The third-order valence-corrected chi connectivity index (χ3v) is 2.58. The molecule has 1 aromatic rings. The number of hydrogen-bond acceptors (Lipinski definition) is 4. The number of hydrogen-bond donors (Lipinski definition) is 0. The molecule has 1 aromatic heterocycles. The van der Waals surface area contributed by atoms with Crippen molar-refractivity contribution in [2.24, 2.45) is 5.92 Å². The Morgan fingerprint density at radius 2 is 2.12 bits per heavy atom. The molecule has 0 amide bonds. The topological polar surface area (TPSA) is 63.7 Å². The van der Waals surface area contributed by atoms with E-state index in [1.54, 1.807) is 7.11 Å². The first-order valence-electron chi connectivity index (χ1n) is 5.88. The Balaban J connectivity index is 2.88. The number of ether oxygens (including phenoxy) is 1. The van der Waals surface area contributed by atoms with Crippen LogP contribution in [-0.4, -0.2) is 28.7 Å². The van der Waals surface area contributed by atoms with Crippen molar-refractivity contribution in [3.63, 3.8) is 0 Å². The molecule has 0 radical (unpaired) electrons. The second kappa shape index (κ2) is 6.36. The lowest BCUT2D eigenvalue weighted by atomic mass is 10.1. The van der Waals surface area contributed by atoms with Crippen molar-refractivity contribution >= 4 is 0 Å². The van der Waals surface area contributed by atoms with Gasteiger partial charge < -0.3 is 4.74 Å². The normalized spacial score (nSPS) is 12.7. The molecule has 0 saturated carbocycles. The fourth-order valence-corrected chi connectivity index (χ4v) is 1.96. The standard InChI is InChI=1S/C12H20N4O/c1-9(2)12-11(5-6-13)14-15-16(12)7-10(3)8-17-4/h9-10H,5,7-8H2,1-4H3. The lowest BCUT2D eigenvalue weighted by Crippen LogP contribution is -2.16. The van der Waals surface area contributed by atoms with E-state index in [9.17, 15) is 0 Å². The first-order chi connectivity index (χ1) is 8.10. The molecule has 0 bridgehead atoms. The summed E-state index contributed by atoms with van der Waals surface area (Å²) in [7, 11) is 1.70. The lowest BCUT2D eigenvalue weighted by molar-refractivity contribution is 0.148. The fraction of sp³-hybridized carbons (Fsp3) is 0.750. The Morgan fingerprint density at radius 1 is 1.41 bits per heavy atom. The Hall–Kier alpha value is -1.41. The van der Waals surface area contributed by atoms with E-state index in [1.807, 2.05) is 4.68 Å². The minimum Gasteiger partial charge on any atom is -0.384 e. The summed E-state index contributed by atoms with van der Waals surface area (Å²) >= 11 is 0. The predicted octanol–water partition coefficient (Wildman–Crippen LogP) is 1.75. The van der Waals surface area contributed by atoms with E-state index in [1.165, 1.54) is 0 Å². The van der Waals surface area contributed by atoms with Crippen molar-refractivity contribution in [2.45, 2.75) is 39.7 Å². The molecule has 1 unspecified atom stereocenters. The van der Waals surface area contributed by atoms with Crippen LogP contribution in [0.5, 0.6) is 0 Å². The minimum atomic E-state index is 0.322. The highest BCUT2D eigenvalue weighted by Gasteiger charge is 2.17. The summed E-state index contributed by atoms with van der Waals surface area (Å²) in [6.45, 7) is 7.78. The SMILES string of the molecule is COCC(C)Cn1nnc(CC#N)c1C(C)C. The van der Waals surface area contributed by atoms with Crippen molar-refractivity contribution < 1.29 is 4.74 Å². The van der Waals surface area contributed by atoms with Crippen molar-refractivity contribution in [1.29, 1.82) is 5.26 Å². The summed E-state index contributed by atoms with van der Waals surface area (Å²) in [6.07, 6.45) is 0.326. The molecule has 0 saturated heterocycles. The average Bonchev–Trinajstić information content (AvgIpc) is 2.62. The Morgan fingerprint density at radius 3 is 2.65 bits per heavy atom. The summed E-state index contributed by atoms with van der Waals surface area (Å²) in [5.41, 5.74) is 1.86. The molecule has 1 atom stereocenters. The van der Waals surface area contributed by atoms with Gasteiger partial charge in [0.05, 0.1) is 24.8 Å². The van der Waals surface area contributed by atoms with Crippen LogP contribution in [0.2, 0.25) is 0 Å². The largest absolute Gasteiger partial charge is 0.384 e. The molecule has 94 valence electrons. The number of nitriles is 1. The third-order valence-electron chi connectivity index (χ3n) is 2.58. The molecule has 0 aliphatic rings. The second-order valence-electron chi connectivity index (χ2n) is 4.65. The van der Waals surface area contributed by atoms with E-state index in [0.717, 1.165) is 17.9 Å². The molecule has 17 heavy (non-hydrogen) atoms. The van der Waals surface area contributed by atoms with Crippen LogP contribution in [0.3, 0.4) is 0 Å². The maximum atomic E-state index is 8.75. The molecule has 0 N–H and O–H groups in total. The molecule has 0 fully saturated rings. The molecular weight excluding hydrogens is 216 g/mol. The van der Waals surface area contributed by atoms with Crippen molar-refractivity contribution in [1.82, 2.24) is 15.0 Å². The summed E-state index contributed by atoms with van der Waals surface area (Å²) in [5.74, 6) is 0.706. The number of rotatable bonds is 6. The minimum absolute atomic E-state index is 0.322. The molecule has 1 rings (SSSR count). The van der Waals surface area contributed by atoms with Gasteiger partial charge in [-0.3, -0.25) is 0 Å². The predicted molar refractivity (Wildman–Crippen MR) is 64.5 cm³/mol. The van der Waals surface area contributed by atoms with Gasteiger partial charge >= 0.3 is 0 Å². The van der Waals surface area contributed by atoms with Gasteiger partial charge in [-0.05, 0) is 11.8 Å². The maximum absolute atomic E-state index is 8.75. The van der Waals surface area contributed by atoms with Gasteiger partial charge in [0.1, 0.15) is 5.69 Å². The zero-order valence-electron chi connectivity index (χ0n) is 11.0. The van der Waals surface area contributed by atoms with Crippen LogP contribution in [0.1, 0.15) is 38.1 Å². The number of aromatic nitrogens is 3. The van der Waals surface area contributed by atoms with E-state index >= 15 is 0 Å². The van der Waals surface area contributed by atoms with Gasteiger partial charge in [0.25, 0.3) is 0 Å². The molecule has 0 aliphatic carbocycles. The van der Waals surface area contributed by atoms with E-state index in [2.05, 4.69) is 37.2 Å². The van der Waals surface area contributed by atoms with Gasteiger partial charge in [0, 0.05) is 13.7 Å². The molecule has 0 spiro atoms. The summed E-state index contributed by atoms with van der Waals surface area (Å²) < 4.78 is 7.02. The van der Waals surface area contributed by atoms with Crippen LogP contribution in [0, 0.1) is 17.2 Å². The van der Waals surface area contributed by atoms with E-state index in [-0.39, 0.29) is 0 Å². The highest BCUT2D eigenvalue weighted by Crippen LogP contribution is 2.19. The molecule has 1 heterocycles. The van der Waals surface area contributed by atoms with Crippen molar-refractivity contribution in [2.75, 3.05) is 13.7 Å². The van der Waals surface area contributed by atoms with Gasteiger partial charge in [0.2, 0.25) is 0 Å². The Bertz CT molecular complexity index is 392. The molecule has 0 aromatic carbocycles. The van der Waals surface area contributed by atoms with E-state index in [0.29, 0.717) is 24.9 Å². The number of nitrogens with zero attached hydrogens (tertiary/aromatic N) is 4. The third kappa shape index (κ3) is 3.53. The van der Waals surface area contributed by atoms with Gasteiger partial charge in [-0.15, -0.1) is 5.10 Å². The second-order valence-corrected chi connectivity index (χ2v) is 4.65. The first kappa shape index (κ1) is 13.7. The summed E-state index contributed by atoms with van der Waals surface area (Å²) in [4.78, 5) is 0. The van der Waals surface area contributed by atoms with Crippen molar-refractivity contribution in [3.05, 3.63) is 11.4 Å². The Labute approximate surface area is 102 Å². The highest BCUT2D eigenvalue weighted by molar-refractivity contribution is 5.17. The van der Waals surface area contributed by atoms with Gasteiger partial charge in [0.15, 0.2) is 0 Å². The van der Waals surface area contributed by atoms with Crippen LogP contribution < -0.4 is 0 Å². The molecule has 5 heteroatoms. The van der Waals surface area contributed by atoms with Crippen LogP contribution in [0.4, 0.5) is 0 Å². The monoisotopic (exact) mass is 236 g/mol. The van der Waals surface area contributed by atoms with E-state index < -0.39 is 0 Å². The zero-order valence-corrected chi connectivity index (χ0v) is 11.0. The summed E-state index contributed by atoms with van der Waals surface area (Å²) in [5, 5.41) is 17.0. The van der Waals surface area contributed by atoms with Gasteiger partial charge in [-0.25, -0.2) is 4.68 Å². The van der Waals surface area contributed by atoms with Crippen LogP contribution in [0.25, 0.3) is 0 Å². The average molecular weight is 236 g/mol. The van der Waals surface area contributed by atoms with Gasteiger partial charge in [-0.1, -0.05) is 26.0 Å². The van der Waals surface area contributed by atoms with Gasteiger partial charge in [-0.2, -0.15) is 5.26 Å². The maximum Gasteiger partial charge on any atom is 0.100 e. The lowest BCUT2D eigenvalue weighted by Gasteiger charge is -2.14. The van der Waals surface area contributed by atoms with Crippen molar-refractivity contribution in [3.8, 4) is 6.07 Å².